The first kappa shape index (κ1) is 16.3. The Morgan fingerprint density at radius 3 is 2.30 bits per heavy atom. The third-order valence-electron chi connectivity index (χ3n) is 5.79. The van der Waals surface area contributed by atoms with E-state index in [1.54, 1.807) is 0 Å². The second-order valence-corrected chi connectivity index (χ2v) is 7.91. The van der Waals surface area contributed by atoms with Crippen molar-refractivity contribution in [1.29, 1.82) is 0 Å². The van der Waals surface area contributed by atoms with Gasteiger partial charge in [0.1, 0.15) is 0 Å². The zero-order chi connectivity index (χ0) is 14.4. The molecule has 2 nitrogen and oxygen atoms in total. The van der Waals surface area contributed by atoms with E-state index in [9.17, 15) is 0 Å². The molecule has 0 atom stereocenters. The maximum absolute atomic E-state index is 3.48. The summed E-state index contributed by atoms with van der Waals surface area (Å²) in [6.07, 6.45) is 13.1. The van der Waals surface area contributed by atoms with Gasteiger partial charge in [-0.15, -0.1) is 0 Å². The Bertz CT molecular complexity index is 263. The van der Waals surface area contributed by atoms with Gasteiger partial charge in [0.25, 0.3) is 0 Å². The summed E-state index contributed by atoms with van der Waals surface area (Å²) in [5, 5.41) is 3.48. The monoisotopic (exact) mass is 280 g/mol. The summed E-state index contributed by atoms with van der Waals surface area (Å²) in [7, 11) is 4.49. The Labute approximate surface area is 126 Å². The summed E-state index contributed by atoms with van der Waals surface area (Å²) >= 11 is 0. The molecule has 2 aliphatic carbocycles. The van der Waals surface area contributed by atoms with E-state index in [4.69, 9.17) is 0 Å². The first-order valence-electron chi connectivity index (χ1n) is 8.97. The standard InChI is InChI=1S/C18H36N2/c1-16-9-11-18(12-10-16,14-19-2)15-20(3)13-17-7-5-4-6-8-17/h16-17,19H,4-15H2,1-3H3. The van der Waals surface area contributed by atoms with Crippen LogP contribution in [0.1, 0.15) is 64.7 Å². The summed E-state index contributed by atoms with van der Waals surface area (Å²) < 4.78 is 0. The molecule has 2 aliphatic rings. The quantitative estimate of drug-likeness (QED) is 0.793. The molecule has 0 radical (unpaired) electrons. The van der Waals surface area contributed by atoms with Crippen LogP contribution in [0.5, 0.6) is 0 Å². The average molecular weight is 280 g/mol. The normalized spacial score (nSPS) is 32.7. The number of nitrogens with zero attached hydrogens (tertiary/aromatic N) is 1. The highest BCUT2D eigenvalue weighted by atomic mass is 15.1. The van der Waals surface area contributed by atoms with Crippen molar-refractivity contribution < 1.29 is 0 Å². The van der Waals surface area contributed by atoms with E-state index < -0.39 is 0 Å². The highest BCUT2D eigenvalue weighted by Crippen LogP contribution is 2.39. The van der Waals surface area contributed by atoms with Crippen LogP contribution in [-0.2, 0) is 0 Å². The van der Waals surface area contributed by atoms with Crippen LogP contribution in [0.15, 0.2) is 0 Å². The maximum atomic E-state index is 3.48. The van der Waals surface area contributed by atoms with E-state index in [-0.39, 0.29) is 0 Å². The molecule has 0 bridgehead atoms. The molecule has 2 saturated carbocycles. The SMILES string of the molecule is CNCC1(CN(C)CC2CCCCC2)CCC(C)CC1. The van der Waals surface area contributed by atoms with Crippen molar-refractivity contribution >= 4 is 0 Å². The highest BCUT2D eigenvalue weighted by Gasteiger charge is 2.34. The molecule has 2 heteroatoms. The van der Waals surface area contributed by atoms with Gasteiger partial charge < -0.3 is 10.2 Å². The third-order valence-corrected chi connectivity index (χ3v) is 5.79. The minimum absolute atomic E-state index is 0.546. The Balaban J connectivity index is 1.83. The number of hydrogen-bond donors (Lipinski definition) is 1. The fourth-order valence-corrected chi connectivity index (χ4v) is 4.59. The van der Waals surface area contributed by atoms with Crippen molar-refractivity contribution in [1.82, 2.24) is 10.2 Å². The van der Waals surface area contributed by atoms with Gasteiger partial charge in [0.15, 0.2) is 0 Å². The van der Waals surface area contributed by atoms with Crippen LogP contribution >= 0.6 is 0 Å². The van der Waals surface area contributed by atoms with Crippen LogP contribution in [0.25, 0.3) is 0 Å². The van der Waals surface area contributed by atoms with Gasteiger partial charge in [-0.1, -0.05) is 39.0 Å². The first-order chi connectivity index (χ1) is 9.63. The van der Waals surface area contributed by atoms with Gasteiger partial charge in [-0.25, -0.2) is 0 Å². The molecule has 0 aromatic heterocycles. The smallest absolute Gasteiger partial charge is 0.00472 e. The van der Waals surface area contributed by atoms with E-state index in [0.717, 1.165) is 11.8 Å². The van der Waals surface area contributed by atoms with Crippen molar-refractivity contribution in [3.8, 4) is 0 Å². The Kier molecular flexibility index (Phi) is 6.35. The maximum Gasteiger partial charge on any atom is 0.00472 e. The molecule has 0 unspecified atom stereocenters. The van der Waals surface area contributed by atoms with Crippen molar-refractivity contribution in [2.45, 2.75) is 64.7 Å². The first-order valence-corrected chi connectivity index (χ1v) is 8.97. The van der Waals surface area contributed by atoms with Gasteiger partial charge >= 0.3 is 0 Å². The van der Waals surface area contributed by atoms with Gasteiger partial charge in [0.05, 0.1) is 0 Å². The van der Waals surface area contributed by atoms with Crippen molar-refractivity contribution in [3.63, 3.8) is 0 Å². The minimum Gasteiger partial charge on any atom is -0.319 e. The molecule has 0 spiro atoms. The van der Waals surface area contributed by atoms with Gasteiger partial charge in [-0.2, -0.15) is 0 Å². The van der Waals surface area contributed by atoms with E-state index >= 15 is 0 Å². The Morgan fingerprint density at radius 2 is 1.70 bits per heavy atom. The summed E-state index contributed by atoms with van der Waals surface area (Å²) in [4.78, 5) is 2.66. The van der Waals surface area contributed by atoms with Crippen LogP contribution in [0, 0.1) is 17.3 Å². The van der Waals surface area contributed by atoms with E-state index in [1.807, 2.05) is 0 Å². The number of rotatable bonds is 6. The zero-order valence-electron chi connectivity index (χ0n) is 14.1. The summed E-state index contributed by atoms with van der Waals surface area (Å²) in [5.74, 6) is 1.92. The number of hydrogen-bond acceptors (Lipinski definition) is 2. The molecular formula is C18H36N2. The van der Waals surface area contributed by atoms with Crippen molar-refractivity contribution in [2.24, 2.45) is 17.3 Å². The average Bonchev–Trinajstić information content (AvgIpc) is 2.43. The topological polar surface area (TPSA) is 15.3 Å². The Hall–Kier alpha value is -0.0800. The highest BCUT2D eigenvalue weighted by molar-refractivity contribution is 4.89. The van der Waals surface area contributed by atoms with Gasteiger partial charge in [-0.3, -0.25) is 0 Å². The largest absolute Gasteiger partial charge is 0.319 e. The lowest BCUT2D eigenvalue weighted by atomic mass is 9.70. The van der Waals surface area contributed by atoms with Crippen LogP contribution < -0.4 is 5.32 Å². The van der Waals surface area contributed by atoms with E-state index in [1.165, 1.54) is 77.4 Å². The van der Waals surface area contributed by atoms with E-state index in [2.05, 4.69) is 31.2 Å². The predicted molar refractivity (Wildman–Crippen MR) is 88.1 cm³/mol. The lowest BCUT2D eigenvalue weighted by molar-refractivity contribution is 0.0892. The second-order valence-electron chi connectivity index (χ2n) is 7.91. The third kappa shape index (κ3) is 4.73. The van der Waals surface area contributed by atoms with Crippen molar-refractivity contribution in [3.05, 3.63) is 0 Å². The molecule has 118 valence electrons. The van der Waals surface area contributed by atoms with Gasteiger partial charge in [-0.05, 0) is 57.0 Å². The lowest BCUT2D eigenvalue weighted by Gasteiger charge is -2.43. The fourth-order valence-electron chi connectivity index (χ4n) is 4.59. The zero-order valence-corrected chi connectivity index (χ0v) is 14.1. The minimum atomic E-state index is 0.546. The summed E-state index contributed by atoms with van der Waals surface area (Å²) in [5.41, 5.74) is 0.546. The van der Waals surface area contributed by atoms with E-state index in [0.29, 0.717) is 5.41 Å². The second kappa shape index (κ2) is 7.79. The molecule has 2 fully saturated rings. The molecule has 0 amide bonds. The molecule has 1 N–H and O–H groups in total. The molecular weight excluding hydrogens is 244 g/mol. The Morgan fingerprint density at radius 1 is 1.05 bits per heavy atom. The summed E-state index contributed by atoms with van der Waals surface area (Å²) in [6, 6.07) is 0. The van der Waals surface area contributed by atoms with Crippen LogP contribution in [0.2, 0.25) is 0 Å². The van der Waals surface area contributed by atoms with Crippen LogP contribution in [0.3, 0.4) is 0 Å². The molecule has 0 heterocycles. The molecule has 0 aromatic carbocycles. The predicted octanol–water partition coefficient (Wildman–Crippen LogP) is 3.91. The van der Waals surface area contributed by atoms with Crippen molar-refractivity contribution in [2.75, 3.05) is 33.7 Å². The fraction of sp³-hybridized carbons (Fsp3) is 1.00. The van der Waals surface area contributed by atoms with Gasteiger partial charge in [0.2, 0.25) is 0 Å². The molecule has 2 rings (SSSR count). The van der Waals surface area contributed by atoms with Crippen LogP contribution in [0.4, 0.5) is 0 Å². The molecule has 0 aromatic rings. The van der Waals surface area contributed by atoms with Crippen LogP contribution in [-0.4, -0.2) is 38.6 Å². The molecule has 0 aliphatic heterocycles. The summed E-state index contributed by atoms with van der Waals surface area (Å²) in [6.45, 7) is 6.27. The lowest BCUT2D eigenvalue weighted by Crippen LogP contribution is -2.45. The number of nitrogens with one attached hydrogen (secondary N) is 1. The van der Waals surface area contributed by atoms with Gasteiger partial charge in [0, 0.05) is 19.6 Å². The molecule has 0 saturated heterocycles. The molecule has 20 heavy (non-hydrogen) atoms.